The quantitative estimate of drug-likeness (QED) is 0.0839. The maximum absolute atomic E-state index is 14.3. The van der Waals surface area contributed by atoms with Crippen molar-refractivity contribution in [2.75, 3.05) is 13.2 Å². The highest BCUT2D eigenvalue weighted by Gasteiger charge is 2.58. The maximum atomic E-state index is 14.3. The summed E-state index contributed by atoms with van der Waals surface area (Å²) in [6, 6.07) is 29.6. The zero-order chi connectivity index (χ0) is 38.0. The average molecular weight is 764 g/mol. The normalized spacial score (nSPS) is 21.9. The lowest BCUT2D eigenvalue weighted by molar-refractivity contribution is -0.140. The molecule has 54 heavy (non-hydrogen) atoms. The topological polar surface area (TPSA) is 76.1 Å². The highest BCUT2D eigenvalue weighted by Crippen LogP contribution is 2.51. The van der Waals surface area contributed by atoms with Crippen molar-refractivity contribution in [3.63, 3.8) is 0 Å². The molecule has 2 fully saturated rings. The van der Waals surface area contributed by atoms with Crippen LogP contribution in [0.1, 0.15) is 70.2 Å². The molecule has 0 radical (unpaired) electrons. The van der Waals surface area contributed by atoms with E-state index in [4.69, 9.17) is 9.16 Å². The monoisotopic (exact) mass is 763 g/mol. The molecule has 4 aromatic rings. The van der Waals surface area contributed by atoms with E-state index in [1.54, 1.807) is 17.4 Å². The van der Waals surface area contributed by atoms with Crippen LogP contribution >= 0.6 is 11.3 Å². The zero-order valence-electron chi connectivity index (χ0n) is 31.6. The number of aromatic hydroxyl groups is 1. The molecule has 1 aromatic heterocycles. The van der Waals surface area contributed by atoms with E-state index in [1.165, 1.54) is 33.0 Å². The van der Waals surface area contributed by atoms with Crippen LogP contribution in [0.5, 0.6) is 5.75 Å². The van der Waals surface area contributed by atoms with Crippen LogP contribution in [0.3, 0.4) is 0 Å². The van der Waals surface area contributed by atoms with Crippen LogP contribution in [0.2, 0.25) is 5.04 Å². The van der Waals surface area contributed by atoms with Crippen molar-refractivity contribution in [2.45, 2.75) is 77.5 Å². The molecule has 3 heterocycles. The molecule has 7 rings (SSSR count). The van der Waals surface area contributed by atoms with Gasteiger partial charge in [-0.1, -0.05) is 119 Å². The van der Waals surface area contributed by atoms with E-state index in [9.17, 15) is 19.1 Å². The first kappa shape index (κ1) is 38.1. The number of likely N-dealkylation sites (tertiary alicyclic amines) is 1. The van der Waals surface area contributed by atoms with E-state index in [0.717, 1.165) is 35.3 Å². The number of ether oxygens (including phenoxy) is 1. The van der Waals surface area contributed by atoms with E-state index in [-0.39, 0.29) is 34.6 Å². The molecule has 2 amide bonds. The average Bonchev–Trinajstić information content (AvgIpc) is 3.89. The molecule has 9 heteroatoms. The lowest BCUT2D eigenvalue weighted by atomic mass is 9.69. The van der Waals surface area contributed by atoms with Gasteiger partial charge in [0.05, 0.1) is 37.7 Å². The number of phenolic OH excluding ortho intramolecular Hbond substituents is 1. The number of hydrogen-bond donors (Lipinski definition) is 1. The number of carbonyl (C=O) groups excluding carboxylic acids is 2. The van der Waals surface area contributed by atoms with Gasteiger partial charge in [-0.3, -0.25) is 14.5 Å². The van der Waals surface area contributed by atoms with Gasteiger partial charge in [0.25, 0.3) is 8.32 Å². The molecule has 3 aromatic carbocycles. The van der Waals surface area contributed by atoms with Crippen molar-refractivity contribution in [2.24, 2.45) is 17.8 Å². The second kappa shape index (κ2) is 15.9. The van der Waals surface area contributed by atoms with E-state index >= 15 is 0 Å². The molecule has 2 aliphatic heterocycles. The fourth-order valence-electron chi connectivity index (χ4n) is 9.10. The minimum Gasteiger partial charge on any atom is -0.505 e. The molecule has 282 valence electrons. The van der Waals surface area contributed by atoms with Gasteiger partial charge in [0, 0.05) is 10.8 Å². The van der Waals surface area contributed by atoms with Gasteiger partial charge in [0.1, 0.15) is 0 Å². The number of rotatable bonds is 13. The van der Waals surface area contributed by atoms with Gasteiger partial charge in [-0.15, -0.1) is 11.3 Å². The summed E-state index contributed by atoms with van der Waals surface area (Å²) in [5, 5.41) is 13.9. The summed E-state index contributed by atoms with van der Waals surface area (Å²) in [7, 11) is -2.91. The number of halogens is 1. The summed E-state index contributed by atoms with van der Waals surface area (Å²) in [4.78, 5) is 30.8. The van der Waals surface area contributed by atoms with Crippen LogP contribution in [0.25, 0.3) is 6.08 Å². The Morgan fingerprint density at radius 1 is 0.963 bits per heavy atom. The molecule has 1 N–H and O–H groups in total. The standard InChI is InChI=1S/C45H50FNO5SSi/c1-5-13-30(24-31-19-21-39(48)38(46)25-31)20-22-40-41-32(26-36-42(37(41)29-51-40)44(50)47(43(36)49)27-33-14-12-23-53-33)28-52-54(45(2,3)4,34-15-8-6-9-16-34)35-17-10-7-11-18-35/h6-12,14-19,21,23-25,36-37,40,42,48H,5,13,20,22,26-29H2,1-4H3/b30-24+/t36-,37+,40-,42-/m1/s1. The van der Waals surface area contributed by atoms with Crippen molar-refractivity contribution in [3.05, 3.63) is 129 Å². The Balaban J connectivity index is 1.26. The Labute approximate surface area is 323 Å². The highest BCUT2D eigenvalue weighted by molar-refractivity contribution is 7.09. The molecule has 0 unspecified atom stereocenters. The number of hydrogen-bond acceptors (Lipinski definition) is 6. The summed E-state index contributed by atoms with van der Waals surface area (Å²) >= 11 is 1.56. The summed E-state index contributed by atoms with van der Waals surface area (Å²) in [5.41, 5.74) is 4.08. The van der Waals surface area contributed by atoms with E-state index < -0.39 is 26.0 Å². The van der Waals surface area contributed by atoms with Crippen LogP contribution in [0, 0.1) is 23.6 Å². The second-order valence-corrected chi connectivity index (χ2v) is 21.3. The van der Waals surface area contributed by atoms with Gasteiger partial charge in [0.2, 0.25) is 11.8 Å². The number of nitrogens with zero attached hydrogens (tertiary/aromatic N) is 1. The van der Waals surface area contributed by atoms with Crippen LogP contribution in [0.4, 0.5) is 4.39 Å². The molecular weight excluding hydrogens is 714 g/mol. The molecule has 3 aliphatic rings. The summed E-state index contributed by atoms with van der Waals surface area (Å²) in [6.07, 6.45) is 5.44. The smallest absolute Gasteiger partial charge is 0.261 e. The number of allylic oxidation sites excluding steroid dienone is 1. The first-order chi connectivity index (χ1) is 26.0. The van der Waals surface area contributed by atoms with Crippen molar-refractivity contribution in [1.29, 1.82) is 0 Å². The molecule has 4 atom stereocenters. The first-order valence-electron chi connectivity index (χ1n) is 19.2. The summed E-state index contributed by atoms with van der Waals surface area (Å²) in [6.45, 7) is 9.95. The fraction of sp³-hybridized carbons (Fsp3) is 0.378. The van der Waals surface area contributed by atoms with E-state index in [1.807, 2.05) is 35.7 Å². The molecule has 0 saturated carbocycles. The minimum atomic E-state index is -2.91. The van der Waals surface area contributed by atoms with Gasteiger partial charge in [-0.2, -0.15) is 0 Å². The van der Waals surface area contributed by atoms with Gasteiger partial charge in [-0.25, -0.2) is 4.39 Å². The van der Waals surface area contributed by atoms with Crippen LogP contribution < -0.4 is 10.4 Å². The molecule has 0 spiro atoms. The number of benzene rings is 3. The van der Waals surface area contributed by atoms with E-state index in [0.29, 0.717) is 38.2 Å². The second-order valence-electron chi connectivity index (χ2n) is 15.9. The molecule has 0 bridgehead atoms. The minimum absolute atomic E-state index is 0.0989. The molecule has 2 saturated heterocycles. The SMILES string of the molecule is CCC/C(=C\c1ccc(O)c(F)c1)CC[C@H]1OC[C@H]2C1=C(CO[Si](c1ccccc1)(c1ccccc1)C(C)(C)C)C[C@H]1C(=O)N(Cc3cccs3)C(=O)[C@H]12. The third-order valence-corrected chi connectivity index (χ3v) is 17.4. The molecule has 6 nitrogen and oxygen atoms in total. The van der Waals surface area contributed by atoms with Gasteiger partial charge in [-0.05, 0) is 81.4 Å². The van der Waals surface area contributed by atoms with Crippen molar-refractivity contribution < 1.29 is 28.2 Å². The zero-order valence-corrected chi connectivity index (χ0v) is 33.4. The predicted molar refractivity (Wildman–Crippen MR) is 215 cm³/mol. The molecular formula is C45H50FNO5SSi. The summed E-state index contributed by atoms with van der Waals surface area (Å²) in [5.74, 6) is -2.32. The maximum Gasteiger partial charge on any atom is 0.261 e. The Hall–Kier alpha value is -4.15. The van der Waals surface area contributed by atoms with Crippen LogP contribution in [-0.4, -0.2) is 49.5 Å². The van der Waals surface area contributed by atoms with Gasteiger partial charge >= 0.3 is 0 Å². The Kier molecular flexibility index (Phi) is 11.2. The third-order valence-electron chi connectivity index (χ3n) is 11.5. The fourth-order valence-corrected chi connectivity index (χ4v) is 14.3. The number of thiophene rings is 1. The van der Waals surface area contributed by atoms with Gasteiger partial charge in [0.15, 0.2) is 11.6 Å². The summed E-state index contributed by atoms with van der Waals surface area (Å²) < 4.78 is 28.4. The number of imide groups is 1. The number of amides is 2. The lowest BCUT2D eigenvalue weighted by Crippen LogP contribution is -2.66. The third kappa shape index (κ3) is 7.31. The number of fused-ring (bicyclic) bond motifs is 3. The predicted octanol–water partition coefficient (Wildman–Crippen LogP) is 8.65. The first-order valence-corrected chi connectivity index (χ1v) is 21.9. The Morgan fingerprint density at radius 2 is 1.67 bits per heavy atom. The number of carbonyl (C=O) groups is 2. The van der Waals surface area contributed by atoms with Gasteiger partial charge < -0.3 is 14.3 Å². The number of phenols is 1. The lowest BCUT2D eigenvalue weighted by Gasteiger charge is -2.44. The highest BCUT2D eigenvalue weighted by atomic mass is 32.1. The Morgan fingerprint density at radius 3 is 2.28 bits per heavy atom. The Bertz CT molecular complexity index is 1980. The van der Waals surface area contributed by atoms with E-state index in [2.05, 4.69) is 76.2 Å². The van der Waals surface area contributed by atoms with Crippen LogP contribution in [0.15, 0.2) is 113 Å². The van der Waals surface area contributed by atoms with Crippen molar-refractivity contribution >= 4 is 47.9 Å². The largest absolute Gasteiger partial charge is 0.505 e. The molecule has 1 aliphatic carbocycles. The van der Waals surface area contributed by atoms with Crippen LogP contribution in [-0.2, 0) is 25.3 Å². The van der Waals surface area contributed by atoms with Crippen molar-refractivity contribution in [3.8, 4) is 5.75 Å². The van der Waals surface area contributed by atoms with Crippen molar-refractivity contribution in [1.82, 2.24) is 4.90 Å².